The molecule has 0 spiro atoms. The largest absolute Gasteiger partial charge is 0.481 e. The van der Waals surface area contributed by atoms with Crippen LogP contribution in [0.5, 0.6) is 0 Å². The molecule has 2 amide bonds. The highest BCUT2D eigenvalue weighted by molar-refractivity contribution is 6.30. The fourth-order valence-electron chi connectivity index (χ4n) is 1.80. The van der Waals surface area contributed by atoms with E-state index >= 15 is 0 Å². The van der Waals surface area contributed by atoms with Crippen molar-refractivity contribution in [2.24, 2.45) is 5.92 Å². The number of nitrogens with zero attached hydrogens (tertiary/aromatic N) is 1. The lowest BCUT2D eigenvalue weighted by Gasteiger charge is -2.19. The summed E-state index contributed by atoms with van der Waals surface area (Å²) in [6.45, 7) is 2.88. The Bertz CT molecular complexity index is 476. The van der Waals surface area contributed by atoms with Gasteiger partial charge in [-0.2, -0.15) is 0 Å². The van der Waals surface area contributed by atoms with Crippen molar-refractivity contribution >= 4 is 23.6 Å². The van der Waals surface area contributed by atoms with E-state index in [4.69, 9.17) is 16.7 Å². The van der Waals surface area contributed by atoms with E-state index in [2.05, 4.69) is 5.32 Å². The van der Waals surface area contributed by atoms with Crippen molar-refractivity contribution in [1.82, 2.24) is 10.2 Å². The monoisotopic (exact) mass is 312 g/mol. The van der Waals surface area contributed by atoms with Gasteiger partial charge in [-0.1, -0.05) is 30.7 Å². The summed E-state index contributed by atoms with van der Waals surface area (Å²) in [6, 6.07) is 7.16. The smallest absolute Gasteiger partial charge is 0.317 e. The maximum Gasteiger partial charge on any atom is 0.317 e. The molecular formula is C15H21ClN2O3. The first-order chi connectivity index (χ1) is 9.88. The second-order valence-corrected chi connectivity index (χ2v) is 5.64. The van der Waals surface area contributed by atoms with Gasteiger partial charge in [0.1, 0.15) is 0 Å². The van der Waals surface area contributed by atoms with Crippen molar-refractivity contribution in [2.45, 2.75) is 26.3 Å². The Morgan fingerprint density at radius 1 is 1.33 bits per heavy atom. The molecule has 1 unspecified atom stereocenters. The number of carboxylic acids is 1. The topological polar surface area (TPSA) is 69.6 Å². The summed E-state index contributed by atoms with van der Waals surface area (Å²) in [5, 5.41) is 12.1. The van der Waals surface area contributed by atoms with Gasteiger partial charge in [-0.05, 0) is 30.0 Å². The van der Waals surface area contributed by atoms with E-state index in [9.17, 15) is 9.59 Å². The Balaban J connectivity index is 2.34. The molecule has 6 heteroatoms. The predicted molar refractivity (Wildman–Crippen MR) is 82.4 cm³/mol. The first-order valence-electron chi connectivity index (χ1n) is 6.83. The van der Waals surface area contributed by atoms with Crippen molar-refractivity contribution < 1.29 is 14.7 Å². The highest BCUT2D eigenvalue weighted by Crippen LogP contribution is 2.11. The first kappa shape index (κ1) is 17.3. The van der Waals surface area contributed by atoms with Crippen LogP contribution in [0.3, 0.4) is 0 Å². The number of nitrogens with one attached hydrogen (secondary N) is 1. The Labute approximate surface area is 129 Å². The molecule has 116 valence electrons. The van der Waals surface area contributed by atoms with E-state index in [1.165, 1.54) is 0 Å². The van der Waals surface area contributed by atoms with E-state index < -0.39 is 5.97 Å². The van der Waals surface area contributed by atoms with Crippen LogP contribution in [0.1, 0.15) is 25.3 Å². The van der Waals surface area contributed by atoms with E-state index in [1.54, 1.807) is 24.1 Å². The summed E-state index contributed by atoms with van der Waals surface area (Å²) in [5.74, 6) is -0.679. The molecule has 0 aliphatic heterocycles. The van der Waals surface area contributed by atoms with Crippen molar-refractivity contribution in [3.63, 3.8) is 0 Å². The number of carboxylic acid groups (broad SMARTS) is 1. The summed E-state index contributed by atoms with van der Waals surface area (Å²) in [5.41, 5.74) is 0.996. The maximum atomic E-state index is 11.9. The normalized spacial score (nSPS) is 11.8. The van der Waals surface area contributed by atoms with Crippen LogP contribution in [0.15, 0.2) is 24.3 Å². The molecule has 0 bridgehead atoms. The van der Waals surface area contributed by atoms with E-state index in [0.717, 1.165) is 5.56 Å². The van der Waals surface area contributed by atoms with Crippen molar-refractivity contribution in [2.75, 3.05) is 13.6 Å². The zero-order chi connectivity index (χ0) is 15.8. The number of carbonyl (C=O) groups excluding carboxylic acids is 1. The second-order valence-electron chi connectivity index (χ2n) is 5.21. The van der Waals surface area contributed by atoms with Crippen LogP contribution in [0, 0.1) is 5.92 Å². The van der Waals surface area contributed by atoms with Gasteiger partial charge >= 0.3 is 12.0 Å². The molecule has 0 saturated heterocycles. The number of urea groups is 1. The van der Waals surface area contributed by atoms with Gasteiger partial charge in [-0.15, -0.1) is 0 Å². The van der Waals surface area contributed by atoms with Gasteiger partial charge in [0.2, 0.25) is 0 Å². The van der Waals surface area contributed by atoms with E-state index in [-0.39, 0.29) is 18.4 Å². The van der Waals surface area contributed by atoms with E-state index in [0.29, 0.717) is 24.5 Å². The van der Waals surface area contributed by atoms with Gasteiger partial charge in [0.05, 0.1) is 0 Å². The maximum absolute atomic E-state index is 11.9. The highest BCUT2D eigenvalue weighted by atomic mass is 35.5. The number of rotatable bonds is 7. The molecule has 0 aromatic heterocycles. The molecule has 0 aliphatic rings. The van der Waals surface area contributed by atoms with E-state index in [1.807, 2.05) is 19.1 Å². The predicted octanol–water partition coefficient (Wildman–Crippen LogP) is 2.98. The fourth-order valence-corrected chi connectivity index (χ4v) is 1.93. The third kappa shape index (κ3) is 6.99. The van der Waals surface area contributed by atoms with Gasteiger partial charge in [0.25, 0.3) is 0 Å². The second kappa shape index (κ2) is 8.52. The molecule has 1 rings (SSSR count). The lowest BCUT2D eigenvalue weighted by Crippen LogP contribution is -2.38. The number of hydrogen-bond donors (Lipinski definition) is 2. The SMILES string of the molecule is CC(CCC(=O)O)CNC(=O)N(C)Cc1ccc(Cl)cc1. The van der Waals surface area contributed by atoms with Gasteiger partial charge in [0.15, 0.2) is 0 Å². The lowest BCUT2D eigenvalue weighted by molar-refractivity contribution is -0.137. The van der Waals surface area contributed by atoms with Crippen molar-refractivity contribution in [3.8, 4) is 0 Å². The summed E-state index contributed by atoms with van der Waals surface area (Å²) >= 11 is 5.81. The summed E-state index contributed by atoms with van der Waals surface area (Å²) in [7, 11) is 1.71. The third-order valence-electron chi connectivity index (χ3n) is 3.13. The van der Waals surface area contributed by atoms with Gasteiger partial charge < -0.3 is 15.3 Å². The Hall–Kier alpha value is -1.75. The van der Waals surface area contributed by atoms with Crippen molar-refractivity contribution in [1.29, 1.82) is 0 Å². The summed E-state index contributed by atoms with van der Waals surface area (Å²) in [6.07, 6.45) is 0.675. The third-order valence-corrected chi connectivity index (χ3v) is 3.38. The van der Waals surface area contributed by atoms with Crippen molar-refractivity contribution in [3.05, 3.63) is 34.9 Å². The van der Waals surface area contributed by atoms with Crippen LogP contribution in [0.4, 0.5) is 4.79 Å². The zero-order valence-electron chi connectivity index (χ0n) is 12.3. The Morgan fingerprint density at radius 2 is 1.95 bits per heavy atom. The average Bonchev–Trinajstić information content (AvgIpc) is 2.44. The fraction of sp³-hybridized carbons (Fsp3) is 0.467. The number of halogens is 1. The number of hydrogen-bond acceptors (Lipinski definition) is 2. The lowest BCUT2D eigenvalue weighted by atomic mass is 10.1. The van der Waals surface area contributed by atoms with Gasteiger partial charge in [-0.25, -0.2) is 4.79 Å². The van der Waals surface area contributed by atoms with Crippen LogP contribution >= 0.6 is 11.6 Å². The zero-order valence-corrected chi connectivity index (χ0v) is 13.1. The minimum Gasteiger partial charge on any atom is -0.481 e. The quantitative estimate of drug-likeness (QED) is 0.813. The molecule has 0 heterocycles. The molecule has 5 nitrogen and oxygen atoms in total. The number of carbonyl (C=O) groups is 2. The molecule has 21 heavy (non-hydrogen) atoms. The molecule has 0 radical (unpaired) electrons. The van der Waals surface area contributed by atoms with Gasteiger partial charge in [0, 0.05) is 31.6 Å². The molecule has 1 atom stereocenters. The Kier molecular flexibility index (Phi) is 7.02. The number of aliphatic carboxylic acids is 1. The molecule has 1 aromatic rings. The minimum absolute atomic E-state index is 0.123. The summed E-state index contributed by atoms with van der Waals surface area (Å²) < 4.78 is 0. The van der Waals surface area contributed by atoms with Crippen LogP contribution in [0.25, 0.3) is 0 Å². The van der Waals surface area contributed by atoms with Crippen LogP contribution in [0.2, 0.25) is 5.02 Å². The standard InChI is InChI=1S/C15H21ClN2O3/c1-11(3-8-14(19)20)9-17-15(21)18(2)10-12-4-6-13(16)7-5-12/h4-7,11H,3,8-10H2,1-2H3,(H,17,21)(H,19,20). The minimum atomic E-state index is -0.812. The average molecular weight is 313 g/mol. The first-order valence-corrected chi connectivity index (χ1v) is 7.21. The number of benzene rings is 1. The van der Waals surface area contributed by atoms with Gasteiger partial charge in [-0.3, -0.25) is 4.79 Å². The van der Waals surface area contributed by atoms with Crippen LogP contribution < -0.4 is 5.32 Å². The number of amides is 2. The van der Waals surface area contributed by atoms with Crippen LogP contribution in [-0.4, -0.2) is 35.6 Å². The molecule has 2 N–H and O–H groups in total. The Morgan fingerprint density at radius 3 is 2.52 bits per heavy atom. The molecule has 0 aliphatic carbocycles. The highest BCUT2D eigenvalue weighted by Gasteiger charge is 2.11. The van der Waals surface area contributed by atoms with Crippen LogP contribution in [-0.2, 0) is 11.3 Å². The molecule has 1 aromatic carbocycles. The summed E-state index contributed by atoms with van der Waals surface area (Å²) in [4.78, 5) is 24.0. The molecule has 0 saturated carbocycles. The molecular weight excluding hydrogens is 292 g/mol. The molecule has 0 fully saturated rings.